The van der Waals surface area contributed by atoms with E-state index in [0.29, 0.717) is 6.34 Å². The molecule has 0 radical (unpaired) electrons. The first-order valence-electron chi connectivity index (χ1n) is 2.90. The Labute approximate surface area is 60.5 Å². The third-order valence-corrected chi connectivity index (χ3v) is 1.23. The number of amides is 1. The average Bonchev–Trinajstić information content (AvgIpc) is 1.86. The number of hydrogen-bond acceptors (Lipinski definition) is 2. The highest BCUT2D eigenvalue weighted by molar-refractivity contribution is 5.86. The molecule has 0 aromatic carbocycles. The molecule has 0 aromatic heterocycles. The SMILES string of the molecule is O=C1CCN(C(F)(F)F)C=N1. The van der Waals surface area contributed by atoms with E-state index < -0.39 is 12.2 Å². The number of aliphatic imine (C=N–C) groups is 1. The molecular formula is C5H5F3N2O. The number of alkyl halides is 3. The topological polar surface area (TPSA) is 32.7 Å². The second-order valence-electron chi connectivity index (χ2n) is 2.05. The third kappa shape index (κ3) is 1.92. The first kappa shape index (κ1) is 8.03. The predicted octanol–water partition coefficient (Wildman–Crippen LogP) is 0.767. The fraction of sp³-hybridized carbons (Fsp3) is 0.600. The Morgan fingerprint density at radius 2 is 2.18 bits per heavy atom. The summed E-state index contributed by atoms with van der Waals surface area (Å²) in [7, 11) is 0. The van der Waals surface area contributed by atoms with Gasteiger partial charge in [0.1, 0.15) is 6.34 Å². The number of carbonyl (C=O) groups excluding carboxylic acids is 1. The predicted molar refractivity (Wildman–Crippen MR) is 30.9 cm³/mol. The summed E-state index contributed by atoms with van der Waals surface area (Å²) in [5, 5.41) is 0. The highest BCUT2D eigenvalue weighted by Crippen LogP contribution is 2.20. The Kier molecular flexibility index (Phi) is 1.84. The lowest BCUT2D eigenvalue weighted by molar-refractivity contribution is -0.216. The first-order chi connectivity index (χ1) is 5.00. The fourth-order valence-corrected chi connectivity index (χ4v) is 0.665. The van der Waals surface area contributed by atoms with Crippen LogP contribution in [0, 0.1) is 0 Å². The molecule has 0 unspecified atom stereocenters. The molecule has 62 valence electrons. The zero-order valence-electron chi connectivity index (χ0n) is 5.43. The lowest BCUT2D eigenvalue weighted by atomic mass is 10.3. The van der Waals surface area contributed by atoms with Gasteiger partial charge >= 0.3 is 6.30 Å². The van der Waals surface area contributed by atoms with Gasteiger partial charge in [-0.15, -0.1) is 0 Å². The molecule has 0 saturated carbocycles. The number of nitrogens with zero attached hydrogens (tertiary/aromatic N) is 2. The van der Waals surface area contributed by atoms with E-state index in [2.05, 4.69) is 4.99 Å². The average molecular weight is 166 g/mol. The molecule has 0 fully saturated rings. The van der Waals surface area contributed by atoms with Crippen LogP contribution in [0.3, 0.4) is 0 Å². The van der Waals surface area contributed by atoms with E-state index in [1.807, 2.05) is 0 Å². The van der Waals surface area contributed by atoms with E-state index in [1.54, 1.807) is 0 Å². The van der Waals surface area contributed by atoms with Crippen LogP contribution in [0.15, 0.2) is 4.99 Å². The maximum Gasteiger partial charge on any atom is 0.485 e. The number of carbonyl (C=O) groups is 1. The minimum absolute atomic E-state index is 0.0778. The van der Waals surface area contributed by atoms with Gasteiger partial charge in [0.05, 0.1) is 0 Å². The molecule has 0 saturated heterocycles. The summed E-state index contributed by atoms with van der Waals surface area (Å²) in [4.78, 5) is 13.4. The van der Waals surface area contributed by atoms with Crippen molar-refractivity contribution in [2.45, 2.75) is 12.7 Å². The van der Waals surface area contributed by atoms with Crippen LogP contribution in [0.5, 0.6) is 0 Å². The van der Waals surface area contributed by atoms with Gasteiger partial charge in [-0.25, -0.2) is 4.99 Å². The van der Waals surface area contributed by atoms with Crippen molar-refractivity contribution in [2.75, 3.05) is 6.54 Å². The molecule has 0 N–H and O–H groups in total. The zero-order chi connectivity index (χ0) is 8.48. The van der Waals surface area contributed by atoms with Crippen molar-refractivity contribution in [3.05, 3.63) is 0 Å². The molecule has 0 aromatic rings. The Bertz CT molecular complexity index is 198. The van der Waals surface area contributed by atoms with E-state index in [0.717, 1.165) is 0 Å². The monoisotopic (exact) mass is 166 g/mol. The molecule has 0 aliphatic carbocycles. The highest BCUT2D eigenvalue weighted by Gasteiger charge is 2.36. The molecule has 1 aliphatic heterocycles. The van der Waals surface area contributed by atoms with Crippen molar-refractivity contribution in [3.8, 4) is 0 Å². The van der Waals surface area contributed by atoms with E-state index >= 15 is 0 Å². The van der Waals surface area contributed by atoms with Crippen LogP contribution in [-0.2, 0) is 4.79 Å². The molecule has 1 rings (SSSR count). The first-order valence-corrected chi connectivity index (χ1v) is 2.90. The summed E-state index contributed by atoms with van der Waals surface area (Å²) < 4.78 is 35.4. The summed E-state index contributed by atoms with van der Waals surface area (Å²) in [6.07, 6.45) is -4.06. The van der Waals surface area contributed by atoms with Gasteiger partial charge in [-0.3, -0.25) is 9.69 Å². The molecule has 0 bridgehead atoms. The molecule has 1 heterocycles. The minimum atomic E-state index is -4.41. The van der Waals surface area contributed by atoms with Gasteiger partial charge in [-0.05, 0) is 0 Å². The summed E-state index contributed by atoms with van der Waals surface area (Å²) in [5.74, 6) is -0.509. The van der Waals surface area contributed by atoms with Crippen LogP contribution >= 0.6 is 0 Å². The maximum atomic E-state index is 11.8. The molecular weight excluding hydrogens is 161 g/mol. The Balaban J connectivity index is 2.65. The van der Waals surface area contributed by atoms with E-state index in [9.17, 15) is 18.0 Å². The molecule has 1 aliphatic rings. The highest BCUT2D eigenvalue weighted by atomic mass is 19.4. The van der Waals surface area contributed by atoms with Crippen molar-refractivity contribution in [1.29, 1.82) is 0 Å². The summed E-state index contributed by atoms with van der Waals surface area (Å²) >= 11 is 0. The third-order valence-electron chi connectivity index (χ3n) is 1.23. The van der Waals surface area contributed by atoms with Gasteiger partial charge in [0.25, 0.3) is 0 Å². The van der Waals surface area contributed by atoms with Crippen LogP contribution in [-0.4, -0.2) is 30.0 Å². The smallest absolute Gasteiger partial charge is 0.273 e. The summed E-state index contributed by atoms with van der Waals surface area (Å²) in [6.45, 7) is -0.328. The summed E-state index contributed by atoms with van der Waals surface area (Å²) in [5.41, 5.74) is 0. The lowest BCUT2D eigenvalue weighted by Crippen LogP contribution is -2.40. The molecule has 0 spiro atoms. The van der Waals surface area contributed by atoms with E-state index in [4.69, 9.17) is 0 Å². The van der Waals surface area contributed by atoms with Crippen LogP contribution < -0.4 is 0 Å². The van der Waals surface area contributed by atoms with Gasteiger partial charge in [-0.1, -0.05) is 0 Å². The Morgan fingerprint density at radius 1 is 1.55 bits per heavy atom. The molecule has 6 heteroatoms. The zero-order valence-corrected chi connectivity index (χ0v) is 5.43. The van der Waals surface area contributed by atoms with Crippen molar-refractivity contribution in [2.24, 2.45) is 4.99 Å². The Hall–Kier alpha value is -1.07. The molecule has 0 atom stereocenters. The van der Waals surface area contributed by atoms with Crippen LogP contribution in [0.25, 0.3) is 0 Å². The second kappa shape index (κ2) is 2.52. The van der Waals surface area contributed by atoms with Crippen molar-refractivity contribution in [3.63, 3.8) is 0 Å². The lowest BCUT2D eigenvalue weighted by Gasteiger charge is -2.23. The minimum Gasteiger partial charge on any atom is -0.273 e. The van der Waals surface area contributed by atoms with Crippen molar-refractivity contribution < 1.29 is 18.0 Å². The van der Waals surface area contributed by atoms with Gasteiger partial charge in [-0.2, -0.15) is 13.2 Å². The molecule has 3 nitrogen and oxygen atoms in total. The standard InChI is InChI=1S/C5H5F3N2O/c6-5(7,8)10-2-1-4(11)9-3-10/h3H,1-2H2. The quantitative estimate of drug-likeness (QED) is 0.498. The van der Waals surface area contributed by atoms with Crippen molar-refractivity contribution >= 4 is 12.2 Å². The van der Waals surface area contributed by atoms with Gasteiger partial charge in [0.15, 0.2) is 0 Å². The van der Waals surface area contributed by atoms with Crippen LogP contribution in [0.2, 0.25) is 0 Å². The largest absolute Gasteiger partial charge is 0.485 e. The van der Waals surface area contributed by atoms with Crippen molar-refractivity contribution in [1.82, 2.24) is 4.90 Å². The van der Waals surface area contributed by atoms with Gasteiger partial charge in [0, 0.05) is 13.0 Å². The second-order valence-corrected chi connectivity index (χ2v) is 2.05. The van der Waals surface area contributed by atoms with Gasteiger partial charge < -0.3 is 0 Å². The van der Waals surface area contributed by atoms with E-state index in [-0.39, 0.29) is 17.9 Å². The number of halogens is 3. The number of hydrogen-bond donors (Lipinski definition) is 0. The van der Waals surface area contributed by atoms with E-state index in [1.165, 1.54) is 0 Å². The van der Waals surface area contributed by atoms with Crippen LogP contribution in [0.1, 0.15) is 6.42 Å². The molecule has 11 heavy (non-hydrogen) atoms. The van der Waals surface area contributed by atoms with Gasteiger partial charge in [0.2, 0.25) is 5.91 Å². The Morgan fingerprint density at radius 3 is 2.55 bits per heavy atom. The summed E-state index contributed by atoms with van der Waals surface area (Å²) in [6, 6.07) is 0. The fourth-order valence-electron chi connectivity index (χ4n) is 0.665. The normalized spacial score (nSPS) is 19.2. The maximum absolute atomic E-state index is 11.8. The van der Waals surface area contributed by atoms with Crippen LogP contribution in [0.4, 0.5) is 13.2 Å². The molecule has 1 amide bonds. The number of rotatable bonds is 0.